The molecule has 2 N–H and O–H groups in total. The smallest absolute Gasteiger partial charge is 0.344 e. The predicted octanol–water partition coefficient (Wildman–Crippen LogP) is 5.57. The number of hydrogen-bond acceptors (Lipinski definition) is 4. The Bertz CT molecular complexity index is 1490. The first-order valence-electron chi connectivity index (χ1n) is 10.8. The first kappa shape index (κ1) is 25.8. The number of nitrogens with one attached hydrogen (secondary N) is 2. The molecule has 1 atom stereocenters. The summed E-state index contributed by atoms with van der Waals surface area (Å²) in [5.74, 6) is -7.15. The minimum absolute atomic E-state index is 0.0237. The molecule has 0 spiro atoms. The molecule has 1 fully saturated rings. The van der Waals surface area contributed by atoms with Crippen LogP contribution in [0.5, 0.6) is 0 Å². The molecule has 14 heteroatoms. The molecule has 2 aliphatic rings. The van der Waals surface area contributed by atoms with Crippen molar-refractivity contribution < 1.29 is 40.3 Å². The van der Waals surface area contributed by atoms with Gasteiger partial charge in [-0.3, -0.25) is 9.59 Å². The third-order valence-electron chi connectivity index (χ3n) is 6.04. The molecule has 198 valence electrons. The highest BCUT2D eigenvalue weighted by Gasteiger charge is 2.47. The second-order valence-electron chi connectivity index (χ2n) is 8.75. The Hall–Kier alpha value is -3.87. The summed E-state index contributed by atoms with van der Waals surface area (Å²) in [6, 6.07) is 3.36. The lowest BCUT2D eigenvalue weighted by atomic mass is 9.96. The van der Waals surface area contributed by atoms with Crippen molar-refractivity contribution in [2.24, 2.45) is 0 Å². The molecule has 6 nitrogen and oxygen atoms in total. The molecule has 1 unspecified atom stereocenters. The maximum absolute atomic E-state index is 14.1. The molecule has 5 rings (SSSR count). The number of alkyl halides is 5. The average molecular weight is 559 g/mol. The molecular formula is C24H14ClF7N4O2. The first-order chi connectivity index (χ1) is 17.7. The van der Waals surface area contributed by atoms with E-state index >= 15 is 0 Å². The maximum Gasteiger partial charge on any atom is 0.416 e. The van der Waals surface area contributed by atoms with Crippen molar-refractivity contribution >= 4 is 34.9 Å². The lowest BCUT2D eigenvalue weighted by Crippen LogP contribution is -2.57. The van der Waals surface area contributed by atoms with Gasteiger partial charge in [0, 0.05) is 21.7 Å². The molecule has 2 amide bonds. The number of fused-ring (bicyclic) bond motifs is 1. The van der Waals surface area contributed by atoms with Gasteiger partial charge < -0.3 is 15.5 Å². The molecule has 0 bridgehead atoms. The normalized spacial score (nSPS) is 18.1. The van der Waals surface area contributed by atoms with E-state index in [4.69, 9.17) is 11.6 Å². The number of halogens is 8. The number of pyridine rings is 1. The van der Waals surface area contributed by atoms with Gasteiger partial charge in [-0.05, 0) is 36.4 Å². The molecule has 38 heavy (non-hydrogen) atoms. The fraction of sp³-hybridized carbons (Fsp3) is 0.208. The Labute approximate surface area is 214 Å². The zero-order chi connectivity index (χ0) is 27.6. The second-order valence-corrected chi connectivity index (χ2v) is 9.16. The van der Waals surface area contributed by atoms with Gasteiger partial charge in [0.25, 0.3) is 17.7 Å². The van der Waals surface area contributed by atoms with Crippen LogP contribution in [0.2, 0.25) is 5.02 Å². The minimum atomic E-state index is -4.93. The number of nitrogens with zero attached hydrogens (tertiary/aromatic N) is 2. The third-order valence-corrected chi connectivity index (χ3v) is 6.38. The standard InChI is InChI=1S/C24H14ClF7N4O2/c25-15-2-1-12(26)6-14(15)19-17-16(34-21(37)10-3-11(24(30,31)32)5-13(27)4-10)7-33-20(18(17)22(38)35-19)36-8-23(28,29)9-36/h1-7,19H,8-9H2,(H,34,37)(H,35,38). The number of anilines is 2. The molecule has 2 aliphatic heterocycles. The molecule has 3 aromatic rings. The van der Waals surface area contributed by atoms with Crippen LogP contribution in [0.15, 0.2) is 42.6 Å². The summed E-state index contributed by atoms with van der Waals surface area (Å²) in [5.41, 5.74) is -2.47. The van der Waals surface area contributed by atoms with Crippen molar-refractivity contribution in [3.8, 4) is 0 Å². The van der Waals surface area contributed by atoms with E-state index < -0.39 is 65.8 Å². The van der Waals surface area contributed by atoms with Gasteiger partial charge in [0.2, 0.25) is 0 Å². The van der Waals surface area contributed by atoms with E-state index in [0.29, 0.717) is 12.1 Å². The van der Waals surface area contributed by atoms with Crippen LogP contribution in [0, 0.1) is 11.6 Å². The van der Waals surface area contributed by atoms with Crippen LogP contribution >= 0.6 is 11.6 Å². The molecule has 1 saturated heterocycles. The van der Waals surface area contributed by atoms with E-state index in [1.807, 2.05) is 0 Å². The molecule has 3 heterocycles. The maximum atomic E-state index is 14.1. The van der Waals surface area contributed by atoms with Gasteiger partial charge in [-0.2, -0.15) is 13.2 Å². The van der Waals surface area contributed by atoms with E-state index in [-0.39, 0.29) is 39.3 Å². The molecular weight excluding hydrogens is 545 g/mol. The van der Waals surface area contributed by atoms with E-state index in [9.17, 15) is 40.3 Å². The van der Waals surface area contributed by atoms with Gasteiger partial charge in [0.15, 0.2) is 0 Å². The number of hydrogen-bond donors (Lipinski definition) is 2. The van der Waals surface area contributed by atoms with E-state index in [2.05, 4.69) is 15.6 Å². The van der Waals surface area contributed by atoms with E-state index in [1.165, 1.54) is 6.07 Å². The van der Waals surface area contributed by atoms with E-state index in [1.54, 1.807) is 0 Å². The van der Waals surface area contributed by atoms with Crippen molar-refractivity contribution in [2.75, 3.05) is 23.3 Å². The topological polar surface area (TPSA) is 74.3 Å². The van der Waals surface area contributed by atoms with Crippen molar-refractivity contribution in [2.45, 2.75) is 18.1 Å². The molecule has 0 aliphatic carbocycles. The summed E-state index contributed by atoms with van der Waals surface area (Å²) in [5, 5.41) is 4.88. The third kappa shape index (κ3) is 4.62. The van der Waals surface area contributed by atoms with Crippen LogP contribution < -0.4 is 15.5 Å². The van der Waals surface area contributed by atoms with Crippen LogP contribution in [-0.4, -0.2) is 35.8 Å². The van der Waals surface area contributed by atoms with Gasteiger partial charge in [-0.1, -0.05) is 11.6 Å². The van der Waals surface area contributed by atoms with Gasteiger partial charge >= 0.3 is 6.18 Å². The molecule has 0 radical (unpaired) electrons. The fourth-order valence-electron chi connectivity index (χ4n) is 4.36. The Morgan fingerprint density at radius 2 is 1.82 bits per heavy atom. The van der Waals surface area contributed by atoms with Crippen molar-refractivity contribution in [1.82, 2.24) is 10.3 Å². The van der Waals surface area contributed by atoms with Gasteiger partial charge in [0.1, 0.15) is 17.5 Å². The summed E-state index contributed by atoms with van der Waals surface area (Å²) >= 11 is 6.22. The van der Waals surface area contributed by atoms with Crippen molar-refractivity contribution in [1.29, 1.82) is 0 Å². The van der Waals surface area contributed by atoms with Crippen molar-refractivity contribution in [3.05, 3.63) is 87.1 Å². The largest absolute Gasteiger partial charge is 0.416 e. The number of benzene rings is 2. The zero-order valence-corrected chi connectivity index (χ0v) is 19.5. The monoisotopic (exact) mass is 558 g/mol. The number of carbonyl (C=O) groups excluding carboxylic acids is 2. The van der Waals surface area contributed by atoms with Crippen LogP contribution in [0.1, 0.15) is 43.4 Å². The Balaban J connectivity index is 1.61. The number of amides is 2. The van der Waals surface area contributed by atoms with Crippen LogP contribution in [-0.2, 0) is 6.18 Å². The Morgan fingerprint density at radius 3 is 2.47 bits per heavy atom. The summed E-state index contributed by atoms with van der Waals surface area (Å²) in [7, 11) is 0. The predicted molar refractivity (Wildman–Crippen MR) is 121 cm³/mol. The summed E-state index contributed by atoms with van der Waals surface area (Å²) < 4.78 is 94.4. The average Bonchev–Trinajstić information content (AvgIpc) is 3.16. The Kier molecular flexibility index (Phi) is 6.01. The lowest BCUT2D eigenvalue weighted by molar-refractivity contribution is -0.137. The Morgan fingerprint density at radius 1 is 1.11 bits per heavy atom. The van der Waals surface area contributed by atoms with Crippen LogP contribution in [0.25, 0.3) is 0 Å². The van der Waals surface area contributed by atoms with Gasteiger partial charge in [0.05, 0.1) is 42.1 Å². The highest BCUT2D eigenvalue weighted by atomic mass is 35.5. The highest BCUT2D eigenvalue weighted by Crippen LogP contribution is 2.44. The van der Waals surface area contributed by atoms with Crippen molar-refractivity contribution in [3.63, 3.8) is 0 Å². The summed E-state index contributed by atoms with van der Waals surface area (Å²) in [6.07, 6.45) is -3.91. The number of carbonyl (C=O) groups is 2. The van der Waals surface area contributed by atoms with Gasteiger partial charge in [-0.25, -0.2) is 22.5 Å². The van der Waals surface area contributed by atoms with Crippen LogP contribution in [0.4, 0.5) is 42.2 Å². The van der Waals surface area contributed by atoms with E-state index in [0.717, 1.165) is 23.2 Å². The molecule has 0 saturated carbocycles. The van der Waals surface area contributed by atoms with Gasteiger partial charge in [-0.15, -0.1) is 0 Å². The summed E-state index contributed by atoms with van der Waals surface area (Å²) in [4.78, 5) is 31.0. The quantitative estimate of drug-likeness (QED) is 0.411. The fourth-order valence-corrected chi connectivity index (χ4v) is 4.59. The second kappa shape index (κ2) is 8.86. The molecule has 1 aromatic heterocycles. The minimum Gasteiger partial charge on any atom is -0.344 e. The first-order valence-corrected chi connectivity index (χ1v) is 11.2. The summed E-state index contributed by atoms with van der Waals surface area (Å²) in [6.45, 7) is -1.47. The number of rotatable bonds is 4. The molecule has 2 aromatic carbocycles. The van der Waals surface area contributed by atoms with Crippen LogP contribution in [0.3, 0.4) is 0 Å². The highest BCUT2D eigenvalue weighted by molar-refractivity contribution is 6.31. The number of aromatic nitrogens is 1. The SMILES string of the molecule is O=C(Nc1cnc(N2CC(F)(F)C2)c2c1C(c1cc(F)ccc1Cl)NC2=O)c1cc(F)cc(C(F)(F)F)c1. The lowest BCUT2D eigenvalue weighted by Gasteiger charge is -2.40. The zero-order valence-electron chi connectivity index (χ0n) is 18.8.